The van der Waals surface area contributed by atoms with Crippen LogP contribution in [0.15, 0.2) is 0 Å². The summed E-state index contributed by atoms with van der Waals surface area (Å²) in [6, 6.07) is 0. The first kappa shape index (κ1) is 103. The fourth-order valence-electron chi connectivity index (χ4n) is 13.5. The molecule has 5 atom stereocenters. The number of aliphatic hydroxyl groups excluding tert-OH is 1. The van der Waals surface area contributed by atoms with Crippen LogP contribution in [0.25, 0.3) is 0 Å². The zero-order valence-electron chi connectivity index (χ0n) is 68.7. The lowest BCUT2D eigenvalue weighted by Gasteiger charge is -2.21. The molecule has 624 valence electrons. The van der Waals surface area contributed by atoms with Gasteiger partial charge >= 0.3 is 39.5 Å². The molecule has 0 heterocycles. The van der Waals surface area contributed by atoms with E-state index < -0.39 is 97.5 Å². The van der Waals surface area contributed by atoms with Gasteiger partial charge in [0.2, 0.25) is 0 Å². The van der Waals surface area contributed by atoms with Gasteiger partial charge in [-0.1, -0.05) is 419 Å². The van der Waals surface area contributed by atoms with Gasteiger partial charge in [0.15, 0.2) is 12.2 Å². The minimum absolute atomic E-state index is 0.109. The summed E-state index contributed by atoms with van der Waals surface area (Å²) < 4.78 is 68.9. The van der Waals surface area contributed by atoms with Gasteiger partial charge in [0.25, 0.3) is 0 Å². The molecule has 17 nitrogen and oxygen atoms in total. The van der Waals surface area contributed by atoms with E-state index in [1.807, 2.05) is 0 Å². The maximum Gasteiger partial charge on any atom is 0.472 e. The number of carbonyl (C=O) groups is 4. The highest BCUT2D eigenvalue weighted by Gasteiger charge is 2.30. The minimum atomic E-state index is -4.96. The highest BCUT2D eigenvalue weighted by molar-refractivity contribution is 7.47. The fraction of sp³-hybridized carbons (Fsp3) is 0.953. The average Bonchev–Trinajstić information content (AvgIpc) is 0.908. The van der Waals surface area contributed by atoms with E-state index in [1.54, 1.807) is 0 Å². The number of phosphoric acid groups is 2. The smallest absolute Gasteiger partial charge is 0.462 e. The lowest BCUT2D eigenvalue weighted by atomic mass is 10.0. The van der Waals surface area contributed by atoms with E-state index in [-0.39, 0.29) is 25.7 Å². The highest BCUT2D eigenvalue weighted by atomic mass is 31.2. The summed E-state index contributed by atoms with van der Waals surface area (Å²) in [6.07, 6.45) is 75.0. The Morgan fingerprint density at radius 3 is 0.562 bits per heavy atom. The number of ether oxygens (including phenoxy) is 4. The van der Waals surface area contributed by atoms with Gasteiger partial charge in [0, 0.05) is 25.7 Å². The zero-order chi connectivity index (χ0) is 76.7. The molecule has 0 bridgehead atoms. The maximum absolute atomic E-state index is 13.1. The normalized spacial score (nSPS) is 13.7. The van der Waals surface area contributed by atoms with Crippen LogP contribution in [0.4, 0.5) is 0 Å². The highest BCUT2D eigenvalue weighted by Crippen LogP contribution is 2.45. The molecule has 0 spiro atoms. The van der Waals surface area contributed by atoms with Crippen LogP contribution in [0.1, 0.15) is 471 Å². The second-order valence-electron chi connectivity index (χ2n) is 30.9. The summed E-state index contributed by atoms with van der Waals surface area (Å²) in [7, 11) is -9.92. The predicted octanol–water partition coefficient (Wildman–Crippen LogP) is 26.5. The van der Waals surface area contributed by atoms with Crippen LogP contribution in [0.2, 0.25) is 0 Å². The lowest BCUT2D eigenvalue weighted by Crippen LogP contribution is -2.30. The van der Waals surface area contributed by atoms with Gasteiger partial charge in [0.05, 0.1) is 26.4 Å². The molecular formula is C86H168O17P2. The van der Waals surface area contributed by atoms with Crippen LogP contribution in [-0.4, -0.2) is 96.7 Å². The molecule has 0 aromatic rings. The maximum atomic E-state index is 13.1. The molecule has 0 aliphatic rings. The molecule has 0 radical (unpaired) electrons. The van der Waals surface area contributed by atoms with Crippen LogP contribution >= 0.6 is 15.6 Å². The van der Waals surface area contributed by atoms with Crippen molar-refractivity contribution in [1.82, 2.24) is 0 Å². The average molecular weight is 1540 g/mol. The van der Waals surface area contributed by atoms with Crippen LogP contribution < -0.4 is 0 Å². The van der Waals surface area contributed by atoms with Crippen molar-refractivity contribution in [2.45, 2.75) is 489 Å². The molecule has 0 aliphatic carbocycles. The Morgan fingerprint density at radius 2 is 0.381 bits per heavy atom. The van der Waals surface area contributed by atoms with Crippen LogP contribution in [0, 0.1) is 0 Å². The van der Waals surface area contributed by atoms with E-state index in [4.69, 9.17) is 37.0 Å². The number of hydrogen-bond acceptors (Lipinski definition) is 15. The van der Waals surface area contributed by atoms with Gasteiger partial charge in [-0.05, 0) is 25.7 Å². The third kappa shape index (κ3) is 79.9. The summed E-state index contributed by atoms with van der Waals surface area (Å²) in [5, 5.41) is 10.7. The molecule has 0 fully saturated rings. The van der Waals surface area contributed by atoms with Crippen LogP contribution in [-0.2, 0) is 65.4 Å². The lowest BCUT2D eigenvalue weighted by molar-refractivity contribution is -0.161. The molecule has 0 amide bonds. The van der Waals surface area contributed by atoms with Gasteiger partial charge in [-0.15, -0.1) is 0 Å². The first-order chi connectivity index (χ1) is 51.2. The molecule has 19 heteroatoms. The monoisotopic (exact) mass is 1540 g/mol. The summed E-state index contributed by atoms with van der Waals surface area (Å²) >= 11 is 0. The largest absolute Gasteiger partial charge is 0.472 e. The zero-order valence-corrected chi connectivity index (χ0v) is 70.5. The Morgan fingerprint density at radius 1 is 0.229 bits per heavy atom. The Labute approximate surface area is 645 Å². The molecule has 0 rings (SSSR count). The van der Waals surface area contributed by atoms with Crippen molar-refractivity contribution >= 4 is 39.5 Å². The molecule has 0 aromatic carbocycles. The molecule has 105 heavy (non-hydrogen) atoms. The molecule has 0 saturated heterocycles. The van der Waals surface area contributed by atoms with E-state index in [1.165, 1.54) is 302 Å². The molecule has 2 unspecified atom stereocenters. The first-order valence-corrected chi connectivity index (χ1v) is 47.8. The molecule has 0 aromatic heterocycles. The standard InChI is InChI=1S/C86H168O17P2/c1-5-9-13-17-21-25-29-32-34-36-38-40-42-44-46-49-53-57-61-65-69-73-86(91)103-82(77-97-84(89)71-67-63-59-55-51-48-45-43-41-39-37-35-33-30-26-22-18-14-10-6-2)79-101-105(94,95)99-75-80(87)74-98-104(92,93)100-78-81(76-96-83(88)70-66-62-58-54-50-28-24-20-16-12-8-4)102-85(90)72-68-64-60-56-52-47-31-27-23-19-15-11-7-3/h80-82,87H,5-79H2,1-4H3,(H,92,93)(H,94,95)/t80-,81+,82+/m0/s1. The summed E-state index contributed by atoms with van der Waals surface area (Å²) in [5.74, 6) is -2.10. The number of esters is 4. The molecular weight excluding hydrogens is 1370 g/mol. The summed E-state index contributed by atoms with van der Waals surface area (Å²) in [4.78, 5) is 73.2. The Hall–Kier alpha value is -1.94. The fourth-order valence-corrected chi connectivity index (χ4v) is 15.1. The predicted molar refractivity (Wildman–Crippen MR) is 432 cm³/mol. The number of hydrogen-bond donors (Lipinski definition) is 3. The summed E-state index contributed by atoms with van der Waals surface area (Å²) in [6.45, 7) is 5.05. The van der Waals surface area contributed by atoms with E-state index >= 15 is 0 Å². The topological polar surface area (TPSA) is 237 Å². The van der Waals surface area contributed by atoms with Crippen molar-refractivity contribution in [1.29, 1.82) is 0 Å². The number of unbranched alkanes of at least 4 members (excludes halogenated alkanes) is 61. The third-order valence-electron chi connectivity index (χ3n) is 20.4. The third-order valence-corrected chi connectivity index (χ3v) is 22.3. The number of rotatable bonds is 87. The van der Waals surface area contributed by atoms with Crippen molar-refractivity contribution in [2.24, 2.45) is 0 Å². The van der Waals surface area contributed by atoms with Crippen molar-refractivity contribution < 1.29 is 80.2 Å². The van der Waals surface area contributed by atoms with E-state index in [2.05, 4.69) is 27.7 Å². The van der Waals surface area contributed by atoms with Gasteiger partial charge in [-0.25, -0.2) is 9.13 Å². The second kappa shape index (κ2) is 80.1. The van der Waals surface area contributed by atoms with E-state index in [0.29, 0.717) is 25.7 Å². The Bertz CT molecular complexity index is 1980. The van der Waals surface area contributed by atoms with Gasteiger partial charge in [-0.2, -0.15) is 0 Å². The molecule has 3 N–H and O–H groups in total. The van der Waals surface area contributed by atoms with Gasteiger partial charge in [0.1, 0.15) is 19.3 Å². The SMILES string of the molecule is CCCCCCCCCCCCCCCCCCCCCCCC(=O)O[C@H](COC(=O)CCCCCCCCCCCCCCCCCCCCCC)COP(=O)(O)OC[C@@H](O)COP(=O)(O)OC[C@@H](COC(=O)CCCCCCCCCCCCC)OC(=O)CCCCCCCCCCCCCCC. The van der Waals surface area contributed by atoms with E-state index in [0.717, 1.165) is 89.9 Å². The Kier molecular flexibility index (Phi) is 78.6. The van der Waals surface area contributed by atoms with Gasteiger partial charge < -0.3 is 33.8 Å². The second-order valence-corrected chi connectivity index (χ2v) is 33.8. The van der Waals surface area contributed by atoms with E-state index in [9.17, 15) is 43.2 Å². The van der Waals surface area contributed by atoms with Crippen molar-refractivity contribution in [3.05, 3.63) is 0 Å². The van der Waals surface area contributed by atoms with Crippen molar-refractivity contribution in [2.75, 3.05) is 39.6 Å². The van der Waals surface area contributed by atoms with Gasteiger partial charge in [-0.3, -0.25) is 37.3 Å². The van der Waals surface area contributed by atoms with Crippen LogP contribution in [0.3, 0.4) is 0 Å². The number of carbonyl (C=O) groups excluding carboxylic acids is 4. The number of phosphoric ester groups is 2. The number of aliphatic hydroxyl groups is 1. The van der Waals surface area contributed by atoms with Crippen molar-refractivity contribution in [3.63, 3.8) is 0 Å². The van der Waals surface area contributed by atoms with Crippen molar-refractivity contribution in [3.8, 4) is 0 Å². The first-order valence-electron chi connectivity index (χ1n) is 44.8. The van der Waals surface area contributed by atoms with Crippen LogP contribution in [0.5, 0.6) is 0 Å². The summed E-state index contributed by atoms with van der Waals surface area (Å²) in [5.41, 5.74) is 0. The quantitative estimate of drug-likeness (QED) is 0.0222. The minimum Gasteiger partial charge on any atom is -0.462 e. The molecule has 0 saturated carbocycles. The Balaban J connectivity index is 5.21. The molecule has 0 aliphatic heterocycles.